The Labute approximate surface area is 70.7 Å². The second kappa shape index (κ2) is 4.63. The molecule has 0 aliphatic heterocycles. The first-order valence-corrected chi connectivity index (χ1v) is 2.61. The summed E-state index contributed by atoms with van der Waals surface area (Å²) in [4.78, 5) is 10.0. The number of primary amides is 1. The second-order valence-corrected chi connectivity index (χ2v) is 2.21. The van der Waals surface area contributed by atoms with Gasteiger partial charge in [0.1, 0.15) is 0 Å². The van der Waals surface area contributed by atoms with E-state index in [1.54, 1.807) is 0 Å². The van der Waals surface area contributed by atoms with Crippen molar-refractivity contribution in [1.82, 2.24) is 0 Å². The molecule has 0 aromatic carbocycles. The number of halogens is 1. The topological polar surface area (TPSA) is 91.6 Å². The minimum Gasteiger partial charge on any atom is -0.348 e. The molecular formula is C5H9ClN4O. The zero-order valence-corrected chi connectivity index (χ0v) is 7.05. The Morgan fingerprint density at radius 3 is 2.36 bits per heavy atom. The fourth-order valence-electron chi connectivity index (χ4n) is 0.197. The smallest absolute Gasteiger partial charge is 0.348 e. The summed E-state index contributed by atoms with van der Waals surface area (Å²) in [7, 11) is 0. The van der Waals surface area contributed by atoms with Gasteiger partial charge in [-0.05, 0) is 13.8 Å². The lowest BCUT2D eigenvalue weighted by molar-refractivity contribution is 0.254. The monoisotopic (exact) mass is 176 g/mol. The fourth-order valence-corrected chi connectivity index (χ4v) is 0.197. The van der Waals surface area contributed by atoms with Gasteiger partial charge in [0, 0.05) is 0 Å². The Hall–Kier alpha value is -1.15. The van der Waals surface area contributed by atoms with Crippen molar-refractivity contribution in [3.63, 3.8) is 0 Å². The van der Waals surface area contributed by atoms with Crippen LogP contribution in [0.2, 0.25) is 0 Å². The van der Waals surface area contributed by atoms with Crippen LogP contribution in [0, 0.1) is 11.3 Å². The molecule has 0 atom stereocenters. The van der Waals surface area contributed by atoms with E-state index in [1.165, 1.54) is 13.8 Å². The average Bonchev–Trinajstić information content (AvgIpc) is 1.85. The van der Waals surface area contributed by atoms with Crippen molar-refractivity contribution in [2.24, 2.45) is 16.0 Å². The summed E-state index contributed by atoms with van der Waals surface area (Å²) >= 11 is 0. The highest BCUT2D eigenvalue weighted by Crippen LogP contribution is 2.06. The highest BCUT2D eigenvalue weighted by atomic mass is 35.5. The predicted molar refractivity (Wildman–Crippen MR) is 41.4 cm³/mol. The van der Waals surface area contributed by atoms with Crippen molar-refractivity contribution in [3.8, 4) is 6.07 Å². The Morgan fingerprint density at radius 2 is 2.09 bits per heavy atom. The molecule has 11 heavy (non-hydrogen) atoms. The van der Waals surface area contributed by atoms with Crippen molar-refractivity contribution in [3.05, 3.63) is 0 Å². The lowest BCUT2D eigenvalue weighted by Gasteiger charge is -2.03. The Bertz CT molecular complexity index is 205. The van der Waals surface area contributed by atoms with Crippen molar-refractivity contribution in [1.29, 1.82) is 5.26 Å². The van der Waals surface area contributed by atoms with Crippen LogP contribution >= 0.6 is 12.4 Å². The van der Waals surface area contributed by atoms with Gasteiger partial charge in [0.2, 0.25) is 0 Å². The third kappa shape index (κ3) is 6.74. The average molecular weight is 177 g/mol. The van der Waals surface area contributed by atoms with E-state index in [0.29, 0.717) is 0 Å². The van der Waals surface area contributed by atoms with Gasteiger partial charge in [0.25, 0.3) is 0 Å². The molecule has 5 nitrogen and oxygen atoms in total. The van der Waals surface area contributed by atoms with E-state index < -0.39 is 11.6 Å². The van der Waals surface area contributed by atoms with Crippen LogP contribution in [0.3, 0.4) is 0 Å². The highest BCUT2D eigenvalue weighted by molar-refractivity contribution is 5.85. The number of nitrogens with zero attached hydrogens (tertiary/aromatic N) is 3. The van der Waals surface area contributed by atoms with Crippen LogP contribution in [0.25, 0.3) is 0 Å². The molecule has 0 aliphatic carbocycles. The van der Waals surface area contributed by atoms with Crippen molar-refractivity contribution < 1.29 is 4.79 Å². The second-order valence-electron chi connectivity index (χ2n) is 2.21. The standard InChI is InChI=1S/C5H8N4O.ClH/c1-5(2,3-6)9-8-4(7)10;/h1-2H3,(H2,7,10);1H. The molecule has 0 rings (SSSR count). The molecule has 0 fully saturated rings. The van der Waals surface area contributed by atoms with Crippen LogP contribution in [0.4, 0.5) is 4.79 Å². The number of amides is 2. The van der Waals surface area contributed by atoms with Gasteiger partial charge in [-0.25, -0.2) is 4.79 Å². The summed E-state index contributed by atoms with van der Waals surface area (Å²) in [6.07, 6.45) is 0. The maximum absolute atomic E-state index is 10.0. The van der Waals surface area contributed by atoms with Crippen LogP contribution in [-0.2, 0) is 0 Å². The number of carbonyl (C=O) groups is 1. The van der Waals surface area contributed by atoms with Gasteiger partial charge in [-0.3, -0.25) is 0 Å². The molecule has 0 saturated heterocycles. The Kier molecular flexibility index (Phi) is 5.27. The number of urea groups is 1. The van der Waals surface area contributed by atoms with E-state index in [2.05, 4.69) is 16.0 Å². The summed E-state index contributed by atoms with van der Waals surface area (Å²) in [5.41, 5.74) is 3.68. The molecule has 0 radical (unpaired) electrons. The van der Waals surface area contributed by atoms with Crippen LogP contribution in [-0.4, -0.2) is 11.6 Å². The van der Waals surface area contributed by atoms with Gasteiger partial charge in [0.05, 0.1) is 6.07 Å². The van der Waals surface area contributed by atoms with Crippen LogP contribution in [0.5, 0.6) is 0 Å². The van der Waals surface area contributed by atoms with E-state index in [4.69, 9.17) is 5.26 Å². The van der Waals surface area contributed by atoms with E-state index in [9.17, 15) is 4.79 Å². The predicted octanol–water partition coefficient (Wildman–Crippen LogP) is 1.24. The zero-order valence-electron chi connectivity index (χ0n) is 6.24. The SMILES string of the molecule is CC(C)(C#N)N=NC(N)=O.Cl. The maximum atomic E-state index is 10.0. The van der Waals surface area contributed by atoms with Crippen molar-refractivity contribution in [2.45, 2.75) is 19.4 Å². The largest absolute Gasteiger partial charge is 0.356 e. The number of hydrogen-bond donors (Lipinski definition) is 1. The van der Waals surface area contributed by atoms with Gasteiger partial charge < -0.3 is 5.73 Å². The molecule has 2 amide bonds. The van der Waals surface area contributed by atoms with E-state index in [0.717, 1.165) is 0 Å². The van der Waals surface area contributed by atoms with E-state index in [1.807, 2.05) is 6.07 Å². The molecule has 6 heteroatoms. The van der Waals surface area contributed by atoms with Crippen molar-refractivity contribution in [2.75, 3.05) is 0 Å². The lowest BCUT2D eigenvalue weighted by atomic mass is 10.1. The molecule has 0 aromatic rings. The molecule has 0 spiro atoms. The summed E-state index contributed by atoms with van der Waals surface area (Å²) in [6, 6.07) is 0.943. The molecule has 62 valence electrons. The summed E-state index contributed by atoms with van der Waals surface area (Å²) in [5.74, 6) is 0. The minimum absolute atomic E-state index is 0. The first-order chi connectivity index (χ1) is 4.48. The Morgan fingerprint density at radius 1 is 1.64 bits per heavy atom. The molecule has 0 unspecified atom stereocenters. The van der Waals surface area contributed by atoms with Crippen molar-refractivity contribution >= 4 is 18.4 Å². The molecule has 0 aromatic heterocycles. The number of hydrogen-bond acceptors (Lipinski definition) is 3. The third-order valence-electron chi connectivity index (χ3n) is 0.672. The van der Waals surface area contributed by atoms with E-state index >= 15 is 0 Å². The van der Waals surface area contributed by atoms with Gasteiger partial charge >= 0.3 is 6.03 Å². The zero-order chi connectivity index (χ0) is 8.20. The highest BCUT2D eigenvalue weighted by Gasteiger charge is 2.14. The van der Waals surface area contributed by atoms with Crippen LogP contribution in [0.15, 0.2) is 10.2 Å². The normalized spacial score (nSPS) is 10.3. The van der Waals surface area contributed by atoms with Gasteiger partial charge in [-0.1, -0.05) is 5.11 Å². The Balaban J connectivity index is 0. The van der Waals surface area contributed by atoms with Gasteiger partial charge in [-0.15, -0.1) is 12.4 Å². The van der Waals surface area contributed by atoms with Gasteiger partial charge in [-0.2, -0.15) is 10.4 Å². The lowest BCUT2D eigenvalue weighted by Crippen LogP contribution is -2.13. The number of nitriles is 1. The number of azo groups is 1. The third-order valence-corrected chi connectivity index (χ3v) is 0.672. The first-order valence-electron chi connectivity index (χ1n) is 2.61. The van der Waals surface area contributed by atoms with Gasteiger partial charge in [0.15, 0.2) is 5.54 Å². The van der Waals surface area contributed by atoms with Crippen LogP contribution in [0.1, 0.15) is 13.8 Å². The minimum atomic E-state index is -0.963. The number of nitrogens with two attached hydrogens (primary N) is 1. The summed E-state index contributed by atoms with van der Waals surface area (Å²) in [6.45, 7) is 3.05. The summed E-state index contributed by atoms with van der Waals surface area (Å²) in [5, 5.41) is 14.7. The molecule has 0 aliphatic rings. The fraction of sp³-hybridized carbons (Fsp3) is 0.600. The summed E-state index contributed by atoms with van der Waals surface area (Å²) < 4.78 is 0. The number of rotatable bonds is 1. The quantitative estimate of drug-likeness (QED) is 0.609. The molecule has 0 saturated carbocycles. The maximum Gasteiger partial charge on any atom is 0.356 e. The first kappa shape index (κ1) is 12.5. The number of carbonyl (C=O) groups excluding carboxylic acids is 1. The molecule has 0 heterocycles. The van der Waals surface area contributed by atoms with Crippen LogP contribution < -0.4 is 5.73 Å². The molecule has 2 N–H and O–H groups in total. The molecule has 0 bridgehead atoms. The van der Waals surface area contributed by atoms with E-state index in [-0.39, 0.29) is 12.4 Å². The molecular weight excluding hydrogens is 168 g/mol.